The lowest BCUT2D eigenvalue weighted by Gasteiger charge is -2.09. The van der Waals surface area contributed by atoms with Gasteiger partial charge in [-0.15, -0.1) is 0 Å². The highest BCUT2D eigenvalue weighted by Crippen LogP contribution is 2.17. The lowest BCUT2D eigenvalue weighted by molar-refractivity contribution is 0.0601. The number of ether oxygens (including phenoxy) is 1. The van der Waals surface area contributed by atoms with E-state index in [2.05, 4.69) is 30.3 Å². The number of esters is 1. The quantitative estimate of drug-likeness (QED) is 0.669. The molecular weight excluding hydrogens is 318 g/mol. The number of anilines is 3. The van der Waals surface area contributed by atoms with E-state index in [1.54, 1.807) is 36.7 Å². The van der Waals surface area contributed by atoms with Crippen molar-refractivity contribution in [1.29, 1.82) is 0 Å². The molecule has 2 N–H and O–H groups in total. The monoisotopic (exact) mass is 335 g/mol. The van der Waals surface area contributed by atoms with Crippen molar-refractivity contribution < 1.29 is 9.53 Å². The summed E-state index contributed by atoms with van der Waals surface area (Å²) in [7, 11) is 1.36. The fraction of sp³-hybridized carbons (Fsp3) is 0.111. The van der Waals surface area contributed by atoms with Gasteiger partial charge in [0.05, 0.1) is 12.7 Å². The topological polar surface area (TPSA) is 89.0 Å². The summed E-state index contributed by atoms with van der Waals surface area (Å²) in [4.78, 5) is 23.8. The molecule has 0 fully saturated rings. The molecule has 7 heteroatoms. The number of hydrogen-bond acceptors (Lipinski definition) is 7. The van der Waals surface area contributed by atoms with Crippen molar-refractivity contribution in [3.05, 3.63) is 72.3 Å². The van der Waals surface area contributed by atoms with Crippen molar-refractivity contribution in [3.63, 3.8) is 0 Å². The van der Waals surface area contributed by atoms with Gasteiger partial charge in [0.2, 0.25) is 0 Å². The minimum Gasteiger partial charge on any atom is -0.465 e. The third-order valence-electron chi connectivity index (χ3n) is 3.47. The number of rotatable bonds is 6. The maximum Gasteiger partial charge on any atom is 0.337 e. The Hall–Kier alpha value is -3.48. The molecular formula is C18H17N5O2. The fourth-order valence-corrected chi connectivity index (χ4v) is 2.17. The molecule has 0 saturated heterocycles. The van der Waals surface area contributed by atoms with Gasteiger partial charge in [0.25, 0.3) is 0 Å². The third-order valence-corrected chi connectivity index (χ3v) is 3.47. The van der Waals surface area contributed by atoms with Crippen LogP contribution in [-0.2, 0) is 11.3 Å². The van der Waals surface area contributed by atoms with Crippen LogP contribution in [0.1, 0.15) is 15.9 Å². The van der Waals surface area contributed by atoms with Crippen LogP contribution >= 0.6 is 0 Å². The van der Waals surface area contributed by atoms with Crippen molar-refractivity contribution >= 4 is 23.3 Å². The van der Waals surface area contributed by atoms with Gasteiger partial charge < -0.3 is 15.4 Å². The molecule has 3 rings (SSSR count). The van der Waals surface area contributed by atoms with Gasteiger partial charge in [-0.1, -0.05) is 0 Å². The second-order valence-corrected chi connectivity index (χ2v) is 5.19. The van der Waals surface area contributed by atoms with Crippen molar-refractivity contribution in [2.24, 2.45) is 0 Å². The van der Waals surface area contributed by atoms with E-state index in [0.717, 1.165) is 11.3 Å². The minimum atomic E-state index is -0.365. The van der Waals surface area contributed by atoms with Crippen LogP contribution in [0, 0.1) is 0 Å². The minimum absolute atomic E-state index is 0.365. The zero-order valence-corrected chi connectivity index (χ0v) is 13.6. The average molecular weight is 335 g/mol. The molecule has 0 aliphatic carbocycles. The first kappa shape index (κ1) is 16.4. The Balaban J connectivity index is 1.64. The van der Waals surface area contributed by atoms with E-state index < -0.39 is 0 Å². The number of carbonyl (C=O) groups is 1. The van der Waals surface area contributed by atoms with Gasteiger partial charge in [-0.25, -0.2) is 14.8 Å². The number of nitrogens with zero attached hydrogens (tertiary/aromatic N) is 3. The number of pyridine rings is 1. The molecule has 126 valence electrons. The normalized spacial score (nSPS) is 10.1. The summed E-state index contributed by atoms with van der Waals surface area (Å²) >= 11 is 0. The molecule has 0 unspecified atom stereocenters. The van der Waals surface area contributed by atoms with E-state index in [1.165, 1.54) is 13.4 Å². The Morgan fingerprint density at radius 2 is 1.76 bits per heavy atom. The smallest absolute Gasteiger partial charge is 0.337 e. The zero-order chi connectivity index (χ0) is 17.5. The molecule has 0 aliphatic rings. The van der Waals surface area contributed by atoms with Crippen LogP contribution in [0.5, 0.6) is 0 Å². The number of aromatic nitrogens is 3. The summed E-state index contributed by atoms with van der Waals surface area (Å²) < 4.78 is 4.68. The fourth-order valence-electron chi connectivity index (χ4n) is 2.17. The second-order valence-electron chi connectivity index (χ2n) is 5.19. The average Bonchev–Trinajstić information content (AvgIpc) is 2.67. The first-order valence-electron chi connectivity index (χ1n) is 7.65. The number of benzene rings is 1. The predicted octanol–water partition coefficient (Wildman–Crippen LogP) is 3.01. The lowest BCUT2D eigenvalue weighted by Crippen LogP contribution is -2.03. The van der Waals surface area contributed by atoms with E-state index >= 15 is 0 Å². The lowest BCUT2D eigenvalue weighted by atomic mass is 10.2. The van der Waals surface area contributed by atoms with Crippen LogP contribution in [0.15, 0.2) is 61.2 Å². The van der Waals surface area contributed by atoms with Gasteiger partial charge in [-0.2, -0.15) is 0 Å². The third kappa shape index (κ3) is 4.51. The number of hydrogen-bond donors (Lipinski definition) is 2. The van der Waals surface area contributed by atoms with Gasteiger partial charge in [0.15, 0.2) is 0 Å². The summed E-state index contributed by atoms with van der Waals surface area (Å²) in [6, 6.07) is 12.7. The molecule has 0 saturated carbocycles. The Labute approximate surface area is 145 Å². The van der Waals surface area contributed by atoms with Crippen LogP contribution in [-0.4, -0.2) is 28.0 Å². The van der Waals surface area contributed by atoms with E-state index in [9.17, 15) is 4.79 Å². The maximum absolute atomic E-state index is 11.4. The molecule has 0 bridgehead atoms. The van der Waals surface area contributed by atoms with Gasteiger partial charge >= 0.3 is 5.97 Å². The molecule has 1 aromatic carbocycles. The second kappa shape index (κ2) is 7.87. The van der Waals surface area contributed by atoms with Crippen molar-refractivity contribution in [2.45, 2.75) is 6.54 Å². The van der Waals surface area contributed by atoms with Gasteiger partial charge in [-0.05, 0) is 42.0 Å². The molecule has 0 aliphatic heterocycles. The summed E-state index contributed by atoms with van der Waals surface area (Å²) in [5, 5.41) is 6.41. The molecule has 3 aromatic rings. The summed E-state index contributed by atoms with van der Waals surface area (Å²) in [6.07, 6.45) is 4.99. The van der Waals surface area contributed by atoms with Crippen molar-refractivity contribution in [1.82, 2.24) is 15.0 Å². The molecule has 25 heavy (non-hydrogen) atoms. The van der Waals surface area contributed by atoms with Crippen LogP contribution in [0.4, 0.5) is 17.3 Å². The maximum atomic E-state index is 11.4. The van der Waals surface area contributed by atoms with Crippen molar-refractivity contribution in [3.8, 4) is 0 Å². The Morgan fingerprint density at radius 3 is 2.48 bits per heavy atom. The van der Waals surface area contributed by atoms with E-state index in [0.29, 0.717) is 23.7 Å². The molecule has 0 spiro atoms. The molecule has 2 heterocycles. The van der Waals surface area contributed by atoms with Crippen LogP contribution < -0.4 is 10.6 Å². The Kier molecular flexibility index (Phi) is 5.16. The standard InChI is InChI=1S/C18H17N5O2/c1-25-18(24)14-2-4-15(5-3-14)23-17-10-16(21-12-22-17)20-11-13-6-8-19-9-7-13/h2-10,12H,11H2,1H3,(H2,20,21,22,23). The molecule has 0 atom stereocenters. The highest BCUT2D eigenvalue weighted by molar-refractivity contribution is 5.89. The SMILES string of the molecule is COC(=O)c1ccc(Nc2cc(NCc3ccncc3)ncn2)cc1. The molecule has 7 nitrogen and oxygen atoms in total. The highest BCUT2D eigenvalue weighted by Gasteiger charge is 2.05. The predicted molar refractivity (Wildman–Crippen MR) is 94.7 cm³/mol. The van der Waals surface area contributed by atoms with E-state index in [-0.39, 0.29) is 5.97 Å². The van der Waals surface area contributed by atoms with Gasteiger partial charge in [-0.3, -0.25) is 4.98 Å². The summed E-state index contributed by atoms with van der Waals surface area (Å²) in [5.74, 6) is 0.995. The Bertz CT molecular complexity index is 838. The summed E-state index contributed by atoms with van der Waals surface area (Å²) in [6.45, 7) is 0.646. The number of nitrogens with one attached hydrogen (secondary N) is 2. The first-order valence-corrected chi connectivity index (χ1v) is 7.65. The Morgan fingerprint density at radius 1 is 1.04 bits per heavy atom. The van der Waals surface area contributed by atoms with Gasteiger partial charge in [0.1, 0.15) is 18.0 Å². The van der Waals surface area contributed by atoms with Crippen LogP contribution in [0.3, 0.4) is 0 Å². The molecule has 0 amide bonds. The van der Waals surface area contributed by atoms with Crippen molar-refractivity contribution in [2.75, 3.05) is 17.7 Å². The molecule has 0 radical (unpaired) electrons. The first-order chi connectivity index (χ1) is 12.2. The molecule has 2 aromatic heterocycles. The van der Waals surface area contributed by atoms with E-state index in [1.807, 2.05) is 18.2 Å². The number of carbonyl (C=O) groups excluding carboxylic acids is 1. The number of methoxy groups -OCH3 is 1. The highest BCUT2D eigenvalue weighted by atomic mass is 16.5. The zero-order valence-electron chi connectivity index (χ0n) is 13.6. The van der Waals surface area contributed by atoms with Gasteiger partial charge in [0, 0.05) is 30.7 Å². The van der Waals surface area contributed by atoms with Crippen LogP contribution in [0.2, 0.25) is 0 Å². The van der Waals surface area contributed by atoms with Crippen LogP contribution in [0.25, 0.3) is 0 Å². The van der Waals surface area contributed by atoms with E-state index in [4.69, 9.17) is 0 Å². The largest absolute Gasteiger partial charge is 0.465 e. The summed E-state index contributed by atoms with van der Waals surface area (Å²) in [5.41, 5.74) is 2.42.